The van der Waals surface area contributed by atoms with Crippen LogP contribution in [0.4, 0.5) is 5.69 Å². The number of aromatic nitrogens is 4. The Kier molecular flexibility index (Phi) is 6.70. The summed E-state index contributed by atoms with van der Waals surface area (Å²) < 4.78 is 5.42. The van der Waals surface area contributed by atoms with Crippen LogP contribution in [0.3, 0.4) is 0 Å². The van der Waals surface area contributed by atoms with Gasteiger partial charge in [0.1, 0.15) is 17.1 Å². The summed E-state index contributed by atoms with van der Waals surface area (Å²) in [6, 6.07) is 17.0. The maximum Gasteiger partial charge on any atom is 0.295 e. The Balaban J connectivity index is 1.50. The molecule has 5 aromatic rings. The van der Waals surface area contributed by atoms with Gasteiger partial charge in [-0.2, -0.15) is 0 Å². The molecular formula is C27H24BrN5O3S. The van der Waals surface area contributed by atoms with E-state index in [9.17, 15) is 14.4 Å². The number of thiophene rings is 1. The lowest BCUT2D eigenvalue weighted by atomic mass is 10.0. The van der Waals surface area contributed by atoms with E-state index in [1.165, 1.54) is 26.9 Å². The van der Waals surface area contributed by atoms with Gasteiger partial charge in [0.2, 0.25) is 5.91 Å². The van der Waals surface area contributed by atoms with Crippen molar-refractivity contribution in [2.24, 2.45) is 7.05 Å². The van der Waals surface area contributed by atoms with E-state index >= 15 is 0 Å². The Morgan fingerprint density at radius 2 is 1.76 bits per heavy atom. The van der Waals surface area contributed by atoms with E-state index in [-0.39, 0.29) is 23.4 Å². The molecule has 1 amide bonds. The third-order valence-corrected chi connectivity index (χ3v) is 8.11. The lowest BCUT2D eigenvalue weighted by Gasteiger charge is -2.08. The van der Waals surface area contributed by atoms with E-state index < -0.39 is 5.91 Å². The van der Waals surface area contributed by atoms with E-state index in [4.69, 9.17) is 0 Å². The maximum atomic E-state index is 13.6. The molecule has 0 aliphatic heterocycles. The van der Waals surface area contributed by atoms with Gasteiger partial charge >= 0.3 is 0 Å². The minimum Gasteiger partial charge on any atom is -0.318 e. The van der Waals surface area contributed by atoms with Gasteiger partial charge in [0.15, 0.2) is 0 Å². The van der Waals surface area contributed by atoms with E-state index in [2.05, 4.69) is 26.2 Å². The molecule has 0 radical (unpaired) electrons. The zero-order valence-electron chi connectivity index (χ0n) is 20.5. The predicted octanol–water partition coefficient (Wildman–Crippen LogP) is 4.89. The Hall–Kier alpha value is -3.76. The number of hydrogen-bond donors (Lipinski definition) is 1. The molecule has 0 fully saturated rings. The smallest absolute Gasteiger partial charge is 0.295 e. The van der Waals surface area contributed by atoms with Crippen LogP contribution in [0.1, 0.15) is 17.5 Å². The van der Waals surface area contributed by atoms with Crippen molar-refractivity contribution >= 4 is 49.1 Å². The molecule has 0 saturated carbocycles. The number of amides is 1. The largest absolute Gasteiger partial charge is 0.318 e. The number of para-hydroxylation sites is 1. The summed E-state index contributed by atoms with van der Waals surface area (Å²) >= 11 is 4.95. The van der Waals surface area contributed by atoms with Crippen LogP contribution in [0.25, 0.3) is 27.0 Å². The molecule has 3 heterocycles. The van der Waals surface area contributed by atoms with E-state index in [1.54, 1.807) is 18.7 Å². The van der Waals surface area contributed by atoms with Crippen molar-refractivity contribution < 1.29 is 4.79 Å². The van der Waals surface area contributed by atoms with Crippen LogP contribution in [0.5, 0.6) is 0 Å². The molecule has 0 spiro atoms. The summed E-state index contributed by atoms with van der Waals surface area (Å²) in [6.45, 7) is 3.54. The van der Waals surface area contributed by atoms with E-state index in [1.807, 2.05) is 61.5 Å². The molecule has 10 heteroatoms. The molecule has 8 nitrogen and oxygen atoms in total. The monoisotopic (exact) mass is 577 g/mol. The molecule has 37 heavy (non-hydrogen) atoms. The van der Waals surface area contributed by atoms with Gasteiger partial charge < -0.3 is 5.32 Å². The van der Waals surface area contributed by atoms with Gasteiger partial charge in [0.05, 0.1) is 23.1 Å². The van der Waals surface area contributed by atoms with Gasteiger partial charge in [0.25, 0.3) is 11.1 Å². The molecule has 0 saturated heterocycles. The molecule has 0 aliphatic rings. The third kappa shape index (κ3) is 4.47. The fourth-order valence-electron chi connectivity index (χ4n) is 4.40. The van der Waals surface area contributed by atoms with Crippen LogP contribution in [0, 0.1) is 6.92 Å². The van der Waals surface area contributed by atoms with Crippen LogP contribution in [0.15, 0.2) is 75.0 Å². The third-order valence-electron chi connectivity index (χ3n) is 6.34. The van der Waals surface area contributed by atoms with Gasteiger partial charge in [-0.05, 0) is 43.2 Å². The van der Waals surface area contributed by atoms with Crippen molar-refractivity contribution in [3.05, 3.63) is 96.7 Å². The first-order valence-corrected chi connectivity index (χ1v) is 13.3. The van der Waals surface area contributed by atoms with E-state index in [0.29, 0.717) is 21.6 Å². The lowest BCUT2D eigenvalue weighted by Crippen LogP contribution is -2.29. The van der Waals surface area contributed by atoms with Crippen LogP contribution >= 0.6 is 27.3 Å². The average molecular weight is 578 g/mol. The molecule has 0 aliphatic carbocycles. The molecular weight excluding hydrogens is 554 g/mol. The van der Waals surface area contributed by atoms with Gasteiger partial charge in [-0.15, -0.1) is 11.3 Å². The highest BCUT2D eigenvalue weighted by atomic mass is 79.9. The molecule has 0 atom stereocenters. The number of carbonyl (C=O) groups excluding carboxylic acids is 1. The van der Waals surface area contributed by atoms with Crippen LogP contribution in [-0.2, 0) is 24.8 Å². The normalized spacial score (nSPS) is 11.2. The van der Waals surface area contributed by atoms with Gasteiger partial charge in [0, 0.05) is 22.0 Å². The summed E-state index contributed by atoms with van der Waals surface area (Å²) in [6.07, 6.45) is 2.15. The number of anilines is 1. The Morgan fingerprint density at radius 1 is 1.05 bits per heavy atom. The van der Waals surface area contributed by atoms with Crippen LogP contribution < -0.4 is 16.4 Å². The van der Waals surface area contributed by atoms with Gasteiger partial charge in [-0.25, -0.2) is 9.67 Å². The highest BCUT2D eigenvalue weighted by molar-refractivity contribution is 9.10. The average Bonchev–Trinajstić information content (AvgIpc) is 3.38. The molecule has 0 bridgehead atoms. The van der Waals surface area contributed by atoms with Crippen molar-refractivity contribution in [3.8, 4) is 16.8 Å². The second-order valence-electron chi connectivity index (χ2n) is 8.60. The summed E-state index contributed by atoms with van der Waals surface area (Å²) in [4.78, 5) is 45.9. The lowest BCUT2D eigenvalue weighted by molar-refractivity contribution is -0.116. The van der Waals surface area contributed by atoms with Crippen LogP contribution in [0.2, 0.25) is 0 Å². The number of halogens is 1. The zero-order valence-corrected chi connectivity index (χ0v) is 22.9. The van der Waals surface area contributed by atoms with Gasteiger partial charge in [-0.3, -0.25) is 23.6 Å². The highest BCUT2D eigenvalue weighted by Gasteiger charge is 2.21. The summed E-state index contributed by atoms with van der Waals surface area (Å²) in [5.41, 5.74) is 2.61. The minimum atomic E-state index is -0.481. The van der Waals surface area contributed by atoms with Gasteiger partial charge in [-0.1, -0.05) is 53.2 Å². The van der Waals surface area contributed by atoms with Crippen molar-refractivity contribution in [2.45, 2.75) is 26.8 Å². The molecule has 3 aromatic heterocycles. The fraction of sp³-hybridized carbons (Fsp3) is 0.185. The second kappa shape index (κ2) is 9.95. The number of benzene rings is 2. The molecule has 5 rings (SSSR count). The number of hydrogen-bond acceptors (Lipinski definition) is 5. The topological polar surface area (TPSA) is 90.9 Å². The summed E-state index contributed by atoms with van der Waals surface area (Å²) in [7, 11) is 1.76. The van der Waals surface area contributed by atoms with Crippen molar-refractivity contribution in [2.75, 3.05) is 5.32 Å². The fourth-order valence-corrected chi connectivity index (χ4v) is 5.76. The number of fused-ring (bicyclic) bond motifs is 1. The predicted molar refractivity (Wildman–Crippen MR) is 151 cm³/mol. The first-order valence-electron chi connectivity index (χ1n) is 11.7. The quantitative estimate of drug-likeness (QED) is 0.311. The molecule has 1 N–H and O–H groups in total. The first kappa shape index (κ1) is 24.9. The second-order valence-corrected chi connectivity index (χ2v) is 10.6. The summed E-state index contributed by atoms with van der Waals surface area (Å²) in [5.74, 6) is -0.481. The number of nitrogens with one attached hydrogen (secondary N) is 1. The standard InChI is InChI=1S/C27H24BrN5O3S/c1-4-20-22(17-10-12-18(28)13-11-17)23-25(37-20)29-15-32(26(23)35)14-21(34)30-24-16(2)31(3)33(27(24)36)19-8-6-5-7-9-19/h5-13,15H,4,14H2,1-3H3,(H,30,34). The van der Waals surface area contributed by atoms with Crippen molar-refractivity contribution in [1.82, 2.24) is 18.9 Å². The van der Waals surface area contributed by atoms with Crippen molar-refractivity contribution in [1.29, 1.82) is 0 Å². The van der Waals surface area contributed by atoms with Crippen molar-refractivity contribution in [3.63, 3.8) is 0 Å². The Bertz CT molecular complexity index is 1750. The highest BCUT2D eigenvalue weighted by Crippen LogP contribution is 2.36. The van der Waals surface area contributed by atoms with E-state index in [0.717, 1.165) is 26.9 Å². The number of carbonyl (C=O) groups is 1. The summed E-state index contributed by atoms with van der Waals surface area (Å²) in [5, 5.41) is 3.22. The zero-order chi connectivity index (χ0) is 26.3. The molecule has 188 valence electrons. The first-order chi connectivity index (χ1) is 17.8. The SMILES string of the molecule is CCc1sc2ncn(CC(=O)Nc3c(C)n(C)n(-c4ccccc4)c3=O)c(=O)c2c1-c1ccc(Br)cc1. The van der Waals surface area contributed by atoms with Crippen LogP contribution in [-0.4, -0.2) is 24.8 Å². The minimum absolute atomic E-state index is 0.179. The molecule has 2 aromatic carbocycles. The number of aryl methyl sites for hydroxylation is 1. The Morgan fingerprint density at radius 3 is 2.43 bits per heavy atom. The molecule has 0 unspecified atom stereocenters. The number of nitrogens with zero attached hydrogens (tertiary/aromatic N) is 4. The maximum absolute atomic E-state index is 13.6. The number of rotatable bonds is 6. The Labute approximate surface area is 224 Å².